The normalized spacial score (nSPS) is 28.5. The summed E-state index contributed by atoms with van der Waals surface area (Å²) in [6, 6.07) is 14.7. The molecule has 2 nitrogen and oxygen atoms in total. The molecule has 2 fully saturated rings. The van der Waals surface area contributed by atoms with Crippen LogP contribution in [-0.2, 0) is 6.18 Å². The number of halogens is 3. The van der Waals surface area contributed by atoms with Crippen LogP contribution in [0.5, 0.6) is 0 Å². The van der Waals surface area contributed by atoms with Gasteiger partial charge in [-0.25, -0.2) is 0 Å². The van der Waals surface area contributed by atoms with Crippen LogP contribution >= 0.6 is 0 Å². The second kappa shape index (κ2) is 6.15. The third-order valence-electron chi connectivity index (χ3n) is 5.28. The fourth-order valence-corrected chi connectivity index (χ4v) is 3.76. The maximum absolute atomic E-state index is 13.6. The fourth-order valence-electron chi connectivity index (χ4n) is 3.76. The number of rotatable bonds is 4. The summed E-state index contributed by atoms with van der Waals surface area (Å²) in [6.45, 7) is 0. The SMILES string of the molecule is NC1CC(NC2CC2c2ccc(-c3ccccc3)cc2C(F)(F)F)C1. The second-order valence-corrected chi connectivity index (χ2v) is 7.21. The second-order valence-electron chi connectivity index (χ2n) is 7.21. The summed E-state index contributed by atoms with van der Waals surface area (Å²) < 4.78 is 40.8. The number of alkyl halides is 3. The lowest BCUT2D eigenvalue weighted by Gasteiger charge is -2.33. The first-order chi connectivity index (χ1) is 11.9. The molecule has 0 spiro atoms. The van der Waals surface area contributed by atoms with Crippen LogP contribution < -0.4 is 11.1 Å². The average Bonchev–Trinajstić information content (AvgIpc) is 3.32. The molecule has 0 radical (unpaired) electrons. The molecule has 0 aliphatic heterocycles. The molecule has 2 saturated carbocycles. The number of hydrogen-bond donors (Lipinski definition) is 2. The smallest absolute Gasteiger partial charge is 0.328 e. The molecule has 0 amide bonds. The molecular formula is C20H21F3N2. The molecule has 0 saturated heterocycles. The van der Waals surface area contributed by atoms with Crippen molar-refractivity contribution in [2.75, 3.05) is 0 Å². The molecule has 0 bridgehead atoms. The van der Waals surface area contributed by atoms with Gasteiger partial charge in [0.15, 0.2) is 0 Å². The van der Waals surface area contributed by atoms with Crippen molar-refractivity contribution in [1.82, 2.24) is 5.32 Å². The van der Waals surface area contributed by atoms with E-state index in [9.17, 15) is 13.2 Å². The maximum Gasteiger partial charge on any atom is 0.416 e. The molecule has 2 aromatic carbocycles. The highest BCUT2D eigenvalue weighted by molar-refractivity contribution is 5.65. The van der Waals surface area contributed by atoms with Gasteiger partial charge in [0.25, 0.3) is 0 Å². The molecule has 0 aromatic heterocycles. The minimum atomic E-state index is -4.34. The first kappa shape index (κ1) is 16.6. The predicted octanol–water partition coefficient (Wildman–Crippen LogP) is 4.31. The van der Waals surface area contributed by atoms with Crippen LogP contribution in [0.3, 0.4) is 0 Å². The molecule has 4 rings (SSSR count). The standard InChI is InChI=1S/C20H21F3N2/c21-20(22,23)18-8-13(12-4-2-1-3-5-12)6-7-16(18)17-11-19(17)25-15-9-14(24)10-15/h1-8,14-15,17,19,25H,9-11,24H2. The fraction of sp³-hybridized carbons (Fsp3) is 0.400. The molecule has 2 aromatic rings. The third-order valence-corrected chi connectivity index (χ3v) is 5.28. The molecule has 3 N–H and O–H groups in total. The van der Waals surface area contributed by atoms with Crippen molar-refractivity contribution in [1.29, 1.82) is 0 Å². The summed E-state index contributed by atoms with van der Waals surface area (Å²) in [4.78, 5) is 0. The van der Waals surface area contributed by atoms with Crippen LogP contribution in [0.4, 0.5) is 13.2 Å². The van der Waals surface area contributed by atoms with Crippen molar-refractivity contribution in [3.8, 4) is 11.1 Å². The summed E-state index contributed by atoms with van der Waals surface area (Å²) in [6.07, 6.45) is -1.74. The topological polar surface area (TPSA) is 38.0 Å². The van der Waals surface area contributed by atoms with Gasteiger partial charge in [-0.15, -0.1) is 0 Å². The van der Waals surface area contributed by atoms with E-state index >= 15 is 0 Å². The van der Waals surface area contributed by atoms with Crippen molar-refractivity contribution in [3.63, 3.8) is 0 Å². The quantitative estimate of drug-likeness (QED) is 0.866. The van der Waals surface area contributed by atoms with Gasteiger partial charge in [-0.3, -0.25) is 0 Å². The molecule has 2 unspecified atom stereocenters. The zero-order valence-electron chi connectivity index (χ0n) is 13.8. The van der Waals surface area contributed by atoms with Crippen LogP contribution in [0.2, 0.25) is 0 Å². The number of nitrogens with two attached hydrogens (primary N) is 1. The van der Waals surface area contributed by atoms with Gasteiger partial charge in [0.2, 0.25) is 0 Å². The lowest BCUT2D eigenvalue weighted by atomic mass is 9.87. The van der Waals surface area contributed by atoms with E-state index in [0.717, 1.165) is 24.8 Å². The van der Waals surface area contributed by atoms with Crippen molar-refractivity contribution in [2.45, 2.75) is 49.5 Å². The van der Waals surface area contributed by atoms with Crippen LogP contribution in [-0.4, -0.2) is 18.1 Å². The van der Waals surface area contributed by atoms with Gasteiger partial charge < -0.3 is 11.1 Å². The average molecular weight is 346 g/mol. The molecule has 0 heterocycles. The van der Waals surface area contributed by atoms with E-state index in [1.165, 1.54) is 6.07 Å². The summed E-state index contributed by atoms with van der Waals surface area (Å²) in [5, 5.41) is 3.45. The molecule has 132 valence electrons. The van der Waals surface area contributed by atoms with Crippen molar-refractivity contribution in [3.05, 3.63) is 59.7 Å². The molecule has 5 heteroatoms. The van der Waals surface area contributed by atoms with E-state index < -0.39 is 11.7 Å². The Kier molecular flexibility index (Phi) is 4.08. The van der Waals surface area contributed by atoms with Gasteiger partial charge in [0.05, 0.1) is 5.56 Å². The Morgan fingerprint density at radius 3 is 2.28 bits per heavy atom. The van der Waals surface area contributed by atoms with Crippen LogP contribution in [0.25, 0.3) is 11.1 Å². The van der Waals surface area contributed by atoms with Gasteiger partial charge in [-0.1, -0.05) is 42.5 Å². The van der Waals surface area contributed by atoms with Gasteiger partial charge in [0.1, 0.15) is 0 Å². The Hall–Kier alpha value is -1.85. The zero-order chi connectivity index (χ0) is 17.6. The van der Waals surface area contributed by atoms with Crippen LogP contribution in [0.1, 0.15) is 36.3 Å². The van der Waals surface area contributed by atoms with Gasteiger partial charge >= 0.3 is 6.18 Å². The van der Waals surface area contributed by atoms with E-state index in [1.54, 1.807) is 12.1 Å². The molecule has 2 atom stereocenters. The van der Waals surface area contributed by atoms with Crippen LogP contribution in [0.15, 0.2) is 48.5 Å². The molecular weight excluding hydrogens is 325 g/mol. The summed E-state index contributed by atoms with van der Waals surface area (Å²) in [5.74, 6) is -0.0572. The Morgan fingerprint density at radius 1 is 0.920 bits per heavy atom. The van der Waals surface area contributed by atoms with E-state index in [1.807, 2.05) is 30.3 Å². The lowest BCUT2D eigenvalue weighted by Crippen LogP contribution is -2.49. The minimum Gasteiger partial charge on any atom is -0.328 e. The highest BCUT2D eigenvalue weighted by Crippen LogP contribution is 2.47. The summed E-state index contributed by atoms with van der Waals surface area (Å²) >= 11 is 0. The van der Waals surface area contributed by atoms with Gasteiger partial charge in [-0.2, -0.15) is 13.2 Å². The Bertz CT molecular complexity index is 751. The van der Waals surface area contributed by atoms with Crippen LogP contribution in [0, 0.1) is 0 Å². The zero-order valence-corrected chi connectivity index (χ0v) is 13.8. The van der Waals surface area contributed by atoms with E-state index in [2.05, 4.69) is 5.32 Å². The first-order valence-corrected chi connectivity index (χ1v) is 8.70. The Morgan fingerprint density at radius 2 is 1.64 bits per heavy atom. The van der Waals surface area contributed by atoms with E-state index in [4.69, 9.17) is 5.73 Å². The summed E-state index contributed by atoms with van der Waals surface area (Å²) in [7, 11) is 0. The van der Waals surface area contributed by atoms with Gasteiger partial charge in [0, 0.05) is 24.0 Å². The van der Waals surface area contributed by atoms with Crippen molar-refractivity contribution in [2.24, 2.45) is 5.73 Å². The highest BCUT2D eigenvalue weighted by atomic mass is 19.4. The first-order valence-electron chi connectivity index (χ1n) is 8.70. The maximum atomic E-state index is 13.6. The summed E-state index contributed by atoms with van der Waals surface area (Å²) in [5.41, 5.74) is 7.08. The molecule has 2 aliphatic carbocycles. The van der Waals surface area contributed by atoms with E-state index in [0.29, 0.717) is 17.2 Å². The Labute approximate surface area is 145 Å². The monoisotopic (exact) mass is 346 g/mol. The predicted molar refractivity (Wildman–Crippen MR) is 92.2 cm³/mol. The lowest BCUT2D eigenvalue weighted by molar-refractivity contribution is -0.138. The molecule has 25 heavy (non-hydrogen) atoms. The van der Waals surface area contributed by atoms with Crippen molar-refractivity contribution >= 4 is 0 Å². The number of nitrogens with one attached hydrogen (secondary N) is 1. The van der Waals surface area contributed by atoms with Crippen molar-refractivity contribution < 1.29 is 13.2 Å². The largest absolute Gasteiger partial charge is 0.416 e. The molecule has 2 aliphatic rings. The van der Waals surface area contributed by atoms with Gasteiger partial charge in [-0.05, 0) is 42.0 Å². The number of hydrogen-bond acceptors (Lipinski definition) is 2. The minimum absolute atomic E-state index is 0.0572. The highest BCUT2D eigenvalue weighted by Gasteiger charge is 2.46. The number of benzene rings is 2. The Balaban J connectivity index is 1.58. The third kappa shape index (κ3) is 3.44. The van der Waals surface area contributed by atoms with E-state index in [-0.39, 0.29) is 18.0 Å².